The van der Waals surface area contributed by atoms with Crippen LogP contribution in [0.5, 0.6) is 0 Å². The second kappa shape index (κ2) is 6.72. The lowest BCUT2D eigenvalue weighted by Crippen LogP contribution is -2.56. The van der Waals surface area contributed by atoms with E-state index in [1.165, 1.54) is 19.3 Å². The van der Waals surface area contributed by atoms with Crippen LogP contribution in [0.1, 0.15) is 51.0 Å². The molecule has 0 spiro atoms. The molecule has 20 heavy (non-hydrogen) atoms. The van der Waals surface area contributed by atoms with E-state index in [9.17, 15) is 4.79 Å². The molecule has 0 saturated heterocycles. The van der Waals surface area contributed by atoms with E-state index in [0.717, 1.165) is 22.9 Å². The van der Waals surface area contributed by atoms with Crippen molar-refractivity contribution in [2.75, 3.05) is 0 Å². The van der Waals surface area contributed by atoms with Gasteiger partial charge in [-0.15, -0.1) is 0 Å². The first-order chi connectivity index (χ1) is 9.58. The lowest BCUT2D eigenvalue weighted by Gasteiger charge is -2.37. The van der Waals surface area contributed by atoms with E-state index < -0.39 is 5.54 Å². The summed E-state index contributed by atoms with van der Waals surface area (Å²) >= 11 is 3.43. The number of hydrogen-bond donors (Lipinski definition) is 2. The molecule has 0 bridgehead atoms. The van der Waals surface area contributed by atoms with Crippen LogP contribution in [0.25, 0.3) is 0 Å². The maximum absolute atomic E-state index is 12.2. The molecular formula is C16H23BrN2O. The molecule has 1 aliphatic rings. The highest BCUT2D eigenvalue weighted by Gasteiger charge is 2.38. The van der Waals surface area contributed by atoms with Gasteiger partial charge < -0.3 is 5.73 Å². The van der Waals surface area contributed by atoms with E-state index in [0.29, 0.717) is 12.5 Å². The average molecular weight is 339 g/mol. The summed E-state index contributed by atoms with van der Waals surface area (Å²) in [5.41, 5.74) is 5.97. The fraction of sp³-hybridized carbons (Fsp3) is 0.562. The number of hydrogen-bond acceptors (Lipinski definition) is 2. The number of benzene rings is 1. The molecule has 1 fully saturated rings. The van der Waals surface area contributed by atoms with Gasteiger partial charge in [0.2, 0.25) is 5.91 Å². The fourth-order valence-corrected chi connectivity index (χ4v) is 3.37. The first-order valence-electron chi connectivity index (χ1n) is 7.42. The Bertz CT molecular complexity index is 454. The molecule has 3 nitrogen and oxygen atoms in total. The molecule has 1 aliphatic carbocycles. The van der Waals surface area contributed by atoms with Crippen LogP contribution in [0.4, 0.5) is 0 Å². The summed E-state index contributed by atoms with van der Waals surface area (Å²) in [5.74, 6) is -0.284. The number of carbonyl (C=O) groups excluding carboxylic acids is 1. The summed E-state index contributed by atoms with van der Waals surface area (Å²) < 4.78 is 1.01. The van der Waals surface area contributed by atoms with Crippen molar-refractivity contribution in [1.82, 2.24) is 5.32 Å². The third-order valence-corrected chi connectivity index (χ3v) is 4.87. The molecule has 1 aromatic carbocycles. The second-order valence-electron chi connectivity index (χ2n) is 5.61. The van der Waals surface area contributed by atoms with Crippen molar-refractivity contribution in [3.8, 4) is 0 Å². The van der Waals surface area contributed by atoms with Gasteiger partial charge in [0.25, 0.3) is 0 Å². The van der Waals surface area contributed by atoms with Gasteiger partial charge in [-0.05, 0) is 37.0 Å². The molecule has 3 N–H and O–H groups in total. The van der Waals surface area contributed by atoms with Crippen molar-refractivity contribution >= 4 is 21.8 Å². The Hall–Kier alpha value is -0.870. The molecule has 1 aromatic rings. The third kappa shape index (κ3) is 3.23. The Kier molecular flexibility index (Phi) is 5.22. The summed E-state index contributed by atoms with van der Waals surface area (Å²) in [4.78, 5) is 12.2. The molecule has 0 aromatic heterocycles. The highest BCUT2D eigenvalue weighted by Crippen LogP contribution is 2.29. The van der Waals surface area contributed by atoms with Crippen LogP contribution in [0.3, 0.4) is 0 Å². The first-order valence-corrected chi connectivity index (χ1v) is 8.21. The van der Waals surface area contributed by atoms with Crippen LogP contribution in [-0.4, -0.2) is 11.9 Å². The summed E-state index contributed by atoms with van der Waals surface area (Å²) in [6.45, 7) is 2.02. The van der Waals surface area contributed by atoms with Gasteiger partial charge >= 0.3 is 0 Å². The maximum atomic E-state index is 12.2. The van der Waals surface area contributed by atoms with Gasteiger partial charge in [0.1, 0.15) is 5.54 Å². The zero-order chi connectivity index (χ0) is 14.6. The normalized spacial score (nSPS) is 19.5. The van der Waals surface area contributed by atoms with Crippen molar-refractivity contribution in [3.63, 3.8) is 0 Å². The molecule has 1 amide bonds. The highest BCUT2D eigenvalue weighted by atomic mass is 79.9. The van der Waals surface area contributed by atoms with E-state index in [-0.39, 0.29) is 5.91 Å². The predicted octanol–water partition coefficient (Wildman–Crippen LogP) is 3.46. The van der Waals surface area contributed by atoms with Gasteiger partial charge in [0, 0.05) is 10.5 Å². The monoisotopic (exact) mass is 338 g/mol. The Labute approximate surface area is 129 Å². The third-order valence-electron chi connectivity index (χ3n) is 4.34. The molecular weight excluding hydrogens is 316 g/mol. The minimum atomic E-state index is -0.747. The Balaban J connectivity index is 2.28. The molecule has 4 heteroatoms. The molecule has 110 valence electrons. The summed E-state index contributed by atoms with van der Waals surface area (Å²) in [6, 6.07) is 8.28. The topological polar surface area (TPSA) is 55.1 Å². The summed E-state index contributed by atoms with van der Waals surface area (Å²) in [6.07, 6.45) is 6.69. The van der Waals surface area contributed by atoms with Crippen LogP contribution in [0.15, 0.2) is 28.7 Å². The van der Waals surface area contributed by atoms with E-state index in [2.05, 4.69) is 21.2 Å². The predicted molar refractivity (Wildman–Crippen MR) is 85.3 cm³/mol. The SMILES string of the molecule is CCC(NC1CCCCC1)(C(N)=O)c1ccc(Br)cc1. The number of nitrogens with two attached hydrogens (primary N) is 1. The highest BCUT2D eigenvalue weighted by molar-refractivity contribution is 9.10. The van der Waals surface area contributed by atoms with Gasteiger partial charge in [-0.3, -0.25) is 10.1 Å². The molecule has 1 atom stereocenters. The van der Waals surface area contributed by atoms with E-state index in [4.69, 9.17) is 5.73 Å². The number of rotatable bonds is 5. The van der Waals surface area contributed by atoms with Crippen LogP contribution >= 0.6 is 15.9 Å². The molecule has 1 unspecified atom stereocenters. The minimum absolute atomic E-state index is 0.284. The van der Waals surface area contributed by atoms with E-state index >= 15 is 0 Å². The van der Waals surface area contributed by atoms with Gasteiger partial charge in [0.05, 0.1) is 0 Å². The standard InChI is InChI=1S/C16H23BrN2O/c1-2-16(15(18)20,12-8-10-13(17)11-9-12)19-14-6-4-3-5-7-14/h8-11,14,19H,2-7H2,1H3,(H2,18,20). The number of amides is 1. The van der Waals surface area contributed by atoms with Crippen molar-refractivity contribution in [2.24, 2.45) is 5.73 Å². The zero-order valence-electron chi connectivity index (χ0n) is 12.0. The fourth-order valence-electron chi connectivity index (χ4n) is 3.11. The Morgan fingerprint density at radius 1 is 1.30 bits per heavy atom. The van der Waals surface area contributed by atoms with Crippen LogP contribution in [-0.2, 0) is 10.3 Å². The number of nitrogens with one attached hydrogen (secondary N) is 1. The van der Waals surface area contributed by atoms with Gasteiger partial charge in [-0.1, -0.05) is 54.2 Å². The number of halogens is 1. The van der Waals surface area contributed by atoms with E-state index in [1.54, 1.807) is 0 Å². The summed E-state index contributed by atoms with van der Waals surface area (Å²) in [5, 5.41) is 3.56. The summed E-state index contributed by atoms with van der Waals surface area (Å²) in [7, 11) is 0. The van der Waals surface area contributed by atoms with Crippen molar-refractivity contribution in [2.45, 2.75) is 57.0 Å². The Morgan fingerprint density at radius 2 is 1.90 bits per heavy atom. The lowest BCUT2D eigenvalue weighted by atomic mass is 9.83. The maximum Gasteiger partial charge on any atom is 0.242 e. The molecule has 1 saturated carbocycles. The van der Waals surface area contributed by atoms with Crippen molar-refractivity contribution in [3.05, 3.63) is 34.3 Å². The first kappa shape index (κ1) is 15.5. The van der Waals surface area contributed by atoms with Crippen LogP contribution in [0.2, 0.25) is 0 Å². The zero-order valence-corrected chi connectivity index (χ0v) is 13.6. The molecule has 0 heterocycles. The Morgan fingerprint density at radius 3 is 2.40 bits per heavy atom. The van der Waals surface area contributed by atoms with Gasteiger partial charge in [-0.2, -0.15) is 0 Å². The average Bonchev–Trinajstić information content (AvgIpc) is 2.46. The van der Waals surface area contributed by atoms with Gasteiger partial charge in [0.15, 0.2) is 0 Å². The smallest absolute Gasteiger partial charge is 0.242 e. The van der Waals surface area contributed by atoms with E-state index in [1.807, 2.05) is 31.2 Å². The number of carbonyl (C=O) groups is 1. The van der Waals surface area contributed by atoms with Crippen LogP contribution < -0.4 is 11.1 Å². The molecule has 2 rings (SSSR count). The number of primary amides is 1. The largest absolute Gasteiger partial charge is 0.368 e. The molecule has 0 radical (unpaired) electrons. The second-order valence-corrected chi connectivity index (χ2v) is 6.52. The van der Waals surface area contributed by atoms with Crippen molar-refractivity contribution in [1.29, 1.82) is 0 Å². The van der Waals surface area contributed by atoms with Gasteiger partial charge in [-0.25, -0.2) is 0 Å². The van der Waals surface area contributed by atoms with Crippen LogP contribution in [0, 0.1) is 0 Å². The molecule has 0 aliphatic heterocycles. The quantitative estimate of drug-likeness (QED) is 0.863. The minimum Gasteiger partial charge on any atom is -0.368 e. The lowest BCUT2D eigenvalue weighted by molar-refractivity contribution is -0.125. The van der Waals surface area contributed by atoms with Crippen molar-refractivity contribution < 1.29 is 4.79 Å².